The number of likely N-dealkylation sites (N-methyl/N-ethyl adjacent to an activating group) is 2. The van der Waals surface area contributed by atoms with Crippen LogP contribution in [0.4, 0.5) is 0 Å². The first kappa shape index (κ1) is 27.1. The number of carbonyl (C=O) groups is 2. The van der Waals surface area contributed by atoms with Crippen molar-refractivity contribution < 1.29 is 18.0 Å². The third-order valence-corrected chi connectivity index (χ3v) is 7.74. The topological polar surface area (TPSA) is 86.8 Å². The number of aryl methyl sites for hydroxylation is 1. The Labute approximate surface area is 205 Å². The molecule has 2 aromatic rings. The number of sulfonamides is 1. The number of carbonyl (C=O) groups excluding carboxylic acids is 2. The van der Waals surface area contributed by atoms with E-state index in [0.29, 0.717) is 28.6 Å². The lowest BCUT2D eigenvalue weighted by atomic mass is 10.1. The summed E-state index contributed by atoms with van der Waals surface area (Å²) in [6.45, 7) is 5.32. The summed E-state index contributed by atoms with van der Waals surface area (Å²) in [7, 11) is -2.57. The van der Waals surface area contributed by atoms with E-state index < -0.39 is 28.5 Å². The zero-order valence-electron chi connectivity index (χ0n) is 19.1. The monoisotopic (exact) mass is 513 g/mol. The van der Waals surface area contributed by atoms with Gasteiger partial charge in [0.25, 0.3) is 0 Å². The molecule has 0 saturated heterocycles. The third kappa shape index (κ3) is 6.69. The van der Waals surface area contributed by atoms with Crippen LogP contribution in [0.1, 0.15) is 31.4 Å². The average Bonchev–Trinajstić information content (AvgIpc) is 2.76. The molecule has 2 rings (SSSR count). The number of hydrogen-bond acceptors (Lipinski definition) is 4. The van der Waals surface area contributed by atoms with Crippen LogP contribution in [0.2, 0.25) is 10.0 Å². The fraction of sp³-hybridized carbons (Fsp3) is 0.391. The Balaban J connectivity index is 2.37. The molecule has 0 spiro atoms. The quantitative estimate of drug-likeness (QED) is 0.522. The van der Waals surface area contributed by atoms with Crippen molar-refractivity contribution in [2.24, 2.45) is 0 Å². The van der Waals surface area contributed by atoms with Gasteiger partial charge in [0.05, 0.1) is 11.4 Å². The molecule has 1 N–H and O–H groups in total. The minimum Gasteiger partial charge on any atom is -0.355 e. The van der Waals surface area contributed by atoms with Crippen LogP contribution in [-0.2, 0) is 26.2 Å². The van der Waals surface area contributed by atoms with E-state index in [-0.39, 0.29) is 17.3 Å². The summed E-state index contributed by atoms with van der Waals surface area (Å²) in [4.78, 5) is 27.5. The molecule has 1 atom stereocenters. The Morgan fingerprint density at radius 1 is 1.03 bits per heavy atom. The van der Waals surface area contributed by atoms with Crippen molar-refractivity contribution in [1.82, 2.24) is 14.5 Å². The maximum absolute atomic E-state index is 13.4. The molecule has 0 aliphatic carbocycles. The lowest BCUT2D eigenvalue weighted by Crippen LogP contribution is -2.51. The number of amides is 2. The molecule has 0 aliphatic heterocycles. The van der Waals surface area contributed by atoms with Gasteiger partial charge in [0.2, 0.25) is 21.8 Å². The van der Waals surface area contributed by atoms with Gasteiger partial charge in [0.15, 0.2) is 0 Å². The predicted octanol–water partition coefficient (Wildman–Crippen LogP) is 3.87. The van der Waals surface area contributed by atoms with Crippen molar-refractivity contribution in [3.05, 3.63) is 63.6 Å². The molecule has 0 radical (unpaired) electrons. The third-order valence-electron chi connectivity index (χ3n) is 5.21. The van der Waals surface area contributed by atoms with Gasteiger partial charge in [-0.25, -0.2) is 8.42 Å². The number of benzene rings is 2. The molecular formula is C23H29Cl2N3O4S. The normalized spacial score (nSPS) is 12.5. The van der Waals surface area contributed by atoms with Crippen LogP contribution in [0, 0.1) is 6.92 Å². The Morgan fingerprint density at radius 2 is 1.61 bits per heavy atom. The largest absolute Gasteiger partial charge is 0.355 e. The Bertz CT molecular complexity index is 1070. The SMILES string of the molecule is CCNC(=O)C(CC)N(Cc1c(Cl)cccc1Cl)C(=O)CN(C)S(=O)(=O)c1ccc(C)cc1. The number of halogens is 2. The van der Waals surface area contributed by atoms with Gasteiger partial charge in [-0.05, 0) is 44.5 Å². The van der Waals surface area contributed by atoms with Crippen LogP contribution in [0.15, 0.2) is 47.4 Å². The second kappa shape index (κ2) is 11.8. The van der Waals surface area contributed by atoms with E-state index in [1.54, 1.807) is 44.2 Å². The van der Waals surface area contributed by atoms with Crippen molar-refractivity contribution in [2.75, 3.05) is 20.1 Å². The highest BCUT2D eigenvalue weighted by atomic mass is 35.5. The minimum atomic E-state index is -3.90. The first-order valence-electron chi connectivity index (χ1n) is 10.6. The van der Waals surface area contributed by atoms with Crippen LogP contribution in [-0.4, -0.2) is 55.6 Å². The molecule has 2 amide bonds. The minimum absolute atomic E-state index is 0.0363. The number of hydrogen-bond donors (Lipinski definition) is 1. The molecule has 0 aromatic heterocycles. The van der Waals surface area contributed by atoms with Gasteiger partial charge in [-0.15, -0.1) is 0 Å². The molecule has 0 fully saturated rings. The predicted molar refractivity (Wildman–Crippen MR) is 131 cm³/mol. The summed E-state index contributed by atoms with van der Waals surface area (Å²) in [5.74, 6) is -0.872. The van der Waals surface area contributed by atoms with Crippen LogP contribution in [0.25, 0.3) is 0 Å². The lowest BCUT2D eigenvalue weighted by Gasteiger charge is -2.32. The average molecular weight is 514 g/mol. The summed E-state index contributed by atoms with van der Waals surface area (Å²) in [6.07, 6.45) is 0.327. The highest BCUT2D eigenvalue weighted by molar-refractivity contribution is 7.89. The van der Waals surface area contributed by atoms with E-state index in [1.165, 1.54) is 24.1 Å². The Morgan fingerprint density at radius 3 is 2.12 bits per heavy atom. The summed E-state index contributed by atoms with van der Waals surface area (Å²) in [5.41, 5.74) is 1.41. The zero-order valence-corrected chi connectivity index (χ0v) is 21.5. The first-order valence-corrected chi connectivity index (χ1v) is 12.8. The summed E-state index contributed by atoms with van der Waals surface area (Å²) in [6, 6.07) is 10.5. The van der Waals surface area contributed by atoms with Gasteiger partial charge in [0.1, 0.15) is 6.04 Å². The molecule has 0 aliphatic rings. The van der Waals surface area contributed by atoms with Gasteiger partial charge >= 0.3 is 0 Å². The van der Waals surface area contributed by atoms with Gasteiger partial charge < -0.3 is 10.2 Å². The van der Waals surface area contributed by atoms with Crippen molar-refractivity contribution in [3.8, 4) is 0 Å². The smallest absolute Gasteiger partial charge is 0.243 e. The molecule has 33 heavy (non-hydrogen) atoms. The van der Waals surface area contributed by atoms with E-state index >= 15 is 0 Å². The van der Waals surface area contributed by atoms with Gasteiger partial charge in [-0.2, -0.15) is 4.31 Å². The molecule has 0 bridgehead atoms. The Kier molecular flexibility index (Phi) is 9.72. The van der Waals surface area contributed by atoms with Crippen LogP contribution < -0.4 is 5.32 Å². The summed E-state index contributed by atoms with van der Waals surface area (Å²) >= 11 is 12.6. The summed E-state index contributed by atoms with van der Waals surface area (Å²) < 4.78 is 26.9. The maximum Gasteiger partial charge on any atom is 0.243 e. The highest BCUT2D eigenvalue weighted by Crippen LogP contribution is 2.27. The van der Waals surface area contributed by atoms with E-state index in [4.69, 9.17) is 23.2 Å². The fourth-order valence-corrected chi connectivity index (χ4v) is 4.96. The first-order chi connectivity index (χ1) is 15.5. The van der Waals surface area contributed by atoms with Gasteiger partial charge in [0, 0.05) is 35.7 Å². The molecule has 0 heterocycles. The van der Waals surface area contributed by atoms with E-state index in [0.717, 1.165) is 9.87 Å². The standard InChI is InChI=1S/C23H29Cl2N3O4S/c1-5-21(23(30)26-6-2)28(14-18-19(24)8-7-9-20(18)25)22(29)15-27(4)33(31,32)17-12-10-16(3)11-13-17/h7-13,21H,5-6,14-15H2,1-4H3,(H,26,30). The fourth-order valence-electron chi connectivity index (χ4n) is 3.32. The van der Waals surface area contributed by atoms with Crippen LogP contribution in [0.3, 0.4) is 0 Å². The van der Waals surface area contributed by atoms with Crippen molar-refractivity contribution in [3.63, 3.8) is 0 Å². The molecule has 10 heteroatoms. The van der Waals surface area contributed by atoms with Crippen LogP contribution in [0.5, 0.6) is 0 Å². The lowest BCUT2D eigenvalue weighted by molar-refractivity contribution is -0.141. The number of nitrogens with one attached hydrogen (secondary N) is 1. The van der Waals surface area contributed by atoms with E-state index in [2.05, 4.69) is 5.32 Å². The second-order valence-electron chi connectivity index (χ2n) is 7.61. The van der Waals surface area contributed by atoms with E-state index in [1.807, 2.05) is 6.92 Å². The Hall–Kier alpha value is -2.13. The molecule has 2 aromatic carbocycles. The van der Waals surface area contributed by atoms with Gasteiger partial charge in [-0.1, -0.05) is 53.9 Å². The molecule has 1 unspecified atom stereocenters. The second-order valence-corrected chi connectivity index (χ2v) is 10.5. The number of nitrogens with zero attached hydrogens (tertiary/aromatic N) is 2. The maximum atomic E-state index is 13.4. The summed E-state index contributed by atoms with van der Waals surface area (Å²) in [5, 5.41) is 3.44. The van der Waals surface area contributed by atoms with Crippen molar-refractivity contribution >= 4 is 45.0 Å². The van der Waals surface area contributed by atoms with Crippen molar-refractivity contribution in [2.45, 2.75) is 44.7 Å². The highest BCUT2D eigenvalue weighted by Gasteiger charge is 2.32. The molecule has 180 valence electrons. The number of rotatable bonds is 10. The van der Waals surface area contributed by atoms with Crippen LogP contribution >= 0.6 is 23.2 Å². The molecule has 7 nitrogen and oxygen atoms in total. The van der Waals surface area contributed by atoms with E-state index in [9.17, 15) is 18.0 Å². The molecule has 0 saturated carbocycles. The van der Waals surface area contributed by atoms with Gasteiger partial charge in [-0.3, -0.25) is 9.59 Å². The zero-order chi connectivity index (χ0) is 24.8. The molecular weight excluding hydrogens is 485 g/mol. The van der Waals surface area contributed by atoms with Crippen molar-refractivity contribution in [1.29, 1.82) is 0 Å².